The van der Waals surface area contributed by atoms with Gasteiger partial charge in [-0.25, -0.2) is 9.97 Å². The van der Waals surface area contributed by atoms with E-state index in [-0.39, 0.29) is 20.4 Å². The van der Waals surface area contributed by atoms with Crippen molar-refractivity contribution < 1.29 is 20.4 Å². The summed E-state index contributed by atoms with van der Waals surface area (Å²) >= 11 is 0. The molecule has 2 aliphatic heterocycles. The molecular weight excluding hydrogens is 739 g/mol. The van der Waals surface area contributed by atoms with E-state index in [1.54, 1.807) is 0 Å². The molecule has 7 aromatic rings. The van der Waals surface area contributed by atoms with Gasteiger partial charge in [0.2, 0.25) is 0 Å². The van der Waals surface area contributed by atoms with Gasteiger partial charge in [-0.1, -0.05) is 144 Å². The quantitative estimate of drug-likeness (QED) is 0.167. The van der Waals surface area contributed by atoms with Crippen molar-refractivity contribution in [3.05, 3.63) is 166 Å². The summed E-state index contributed by atoms with van der Waals surface area (Å²) < 4.78 is 0. The molecule has 0 N–H and O–H groups in total. The number of aromatic nitrogens is 4. The molecule has 8 bridgehead atoms. The zero-order valence-electron chi connectivity index (χ0n) is 30.0. The van der Waals surface area contributed by atoms with Crippen LogP contribution in [0.2, 0.25) is 0 Å². The van der Waals surface area contributed by atoms with Gasteiger partial charge in [0.25, 0.3) is 0 Å². The van der Waals surface area contributed by atoms with E-state index in [1.165, 1.54) is 22.3 Å². The number of nitrogens with zero attached hydrogens (tertiary/aromatic N) is 4. The van der Waals surface area contributed by atoms with Crippen LogP contribution in [0.3, 0.4) is 0 Å². The van der Waals surface area contributed by atoms with Crippen LogP contribution in [0.4, 0.5) is 0 Å². The van der Waals surface area contributed by atoms with Crippen LogP contribution < -0.4 is 9.97 Å². The summed E-state index contributed by atoms with van der Waals surface area (Å²) in [5.74, 6) is 0. The molecule has 53 heavy (non-hydrogen) atoms. The minimum Gasteiger partial charge on any atom is -0.657 e. The maximum Gasteiger partial charge on any atom is 2.00 e. The topological polar surface area (TPSA) is 54.0 Å². The van der Waals surface area contributed by atoms with Crippen LogP contribution in [0, 0.1) is 27.7 Å². The third kappa shape index (κ3) is 6.44. The average Bonchev–Trinajstić information content (AvgIpc) is 3.99. The molecule has 5 heteroatoms. The SMILES string of the molecule is Cc1ccc(-c2c3nc(c(-c4ccc(C)cc4)c4ccc([n-]4)c(-c4ccc(C)cc4)c4nc(c(-c5ccc(C)cc5)c5ccc2[n-]5)C=C4)C=C3)cc1.[Pd+2]. The van der Waals surface area contributed by atoms with E-state index in [0.29, 0.717) is 0 Å². The number of hydrogen-bond donors (Lipinski definition) is 0. The number of rotatable bonds is 4. The Balaban J connectivity index is 0.00000400. The number of hydrogen-bond acceptors (Lipinski definition) is 2. The van der Waals surface area contributed by atoms with E-state index in [2.05, 4.69) is 173 Å². The van der Waals surface area contributed by atoms with Crippen molar-refractivity contribution in [3.63, 3.8) is 0 Å². The number of benzene rings is 4. The summed E-state index contributed by atoms with van der Waals surface area (Å²) in [6, 6.07) is 43.0. The van der Waals surface area contributed by atoms with Gasteiger partial charge in [0, 0.05) is 0 Å². The minimum atomic E-state index is 0. The van der Waals surface area contributed by atoms with Crippen LogP contribution in [0.1, 0.15) is 45.0 Å². The maximum atomic E-state index is 5.37. The largest absolute Gasteiger partial charge is 2.00 e. The predicted octanol–water partition coefficient (Wildman–Crippen LogP) is 11.8. The van der Waals surface area contributed by atoms with E-state index < -0.39 is 0 Å². The number of fused-ring (bicyclic) bond motifs is 8. The van der Waals surface area contributed by atoms with Gasteiger partial charge in [-0.2, -0.15) is 0 Å². The molecule has 5 heterocycles. The van der Waals surface area contributed by atoms with Crippen molar-refractivity contribution in [2.24, 2.45) is 0 Å². The molecular formula is C48H36N4Pd. The van der Waals surface area contributed by atoms with Crippen LogP contribution in [0.15, 0.2) is 121 Å². The molecule has 2 aliphatic rings. The van der Waals surface area contributed by atoms with Gasteiger partial charge in [0.15, 0.2) is 0 Å². The molecule has 0 unspecified atom stereocenters. The molecule has 0 spiro atoms. The first-order valence-corrected chi connectivity index (χ1v) is 17.7. The normalized spacial score (nSPS) is 11.8. The van der Waals surface area contributed by atoms with Crippen LogP contribution in [-0.4, -0.2) is 9.97 Å². The molecule has 0 radical (unpaired) electrons. The van der Waals surface area contributed by atoms with E-state index in [1.807, 2.05) is 0 Å². The minimum absolute atomic E-state index is 0. The van der Waals surface area contributed by atoms with E-state index >= 15 is 0 Å². The van der Waals surface area contributed by atoms with Gasteiger partial charge in [-0.3, -0.25) is 0 Å². The van der Waals surface area contributed by atoms with Gasteiger partial charge in [-0.05, 0) is 96.5 Å². The van der Waals surface area contributed by atoms with Crippen molar-refractivity contribution in [2.75, 3.05) is 0 Å². The first-order valence-electron chi connectivity index (χ1n) is 17.7. The van der Waals surface area contributed by atoms with Crippen molar-refractivity contribution >= 4 is 46.4 Å². The molecule has 0 fully saturated rings. The second-order valence-corrected chi connectivity index (χ2v) is 13.8. The standard InChI is InChI=1S/C48H36N4.Pd/c1-29-5-13-33(14-6-29)45-37-21-23-39(49-37)46(34-15-7-30(2)8-16-34)41-25-27-43(51-41)48(36-19-11-32(4)12-20-36)44-28-26-42(52-44)47(40-24-22-38(45)50-40)35-17-9-31(3)10-18-35;/h5-28H,1-4H3;/q-2;+2. The molecule has 0 amide bonds. The Bertz CT molecular complexity index is 2350. The third-order valence-electron chi connectivity index (χ3n) is 9.97. The fourth-order valence-corrected chi connectivity index (χ4v) is 7.15. The van der Waals surface area contributed by atoms with Crippen molar-refractivity contribution in [1.82, 2.24) is 19.9 Å². The molecule has 0 aliphatic carbocycles. The summed E-state index contributed by atoms with van der Waals surface area (Å²) in [4.78, 5) is 21.5. The zero-order valence-corrected chi connectivity index (χ0v) is 31.5. The Morgan fingerprint density at radius 1 is 0.302 bits per heavy atom. The van der Waals surface area contributed by atoms with Crippen LogP contribution in [-0.2, 0) is 20.4 Å². The van der Waals surface area contributed by atoms with Gasteiger partial charge in [-0.15, -0.1) is 22.1 Å². The van der Waals surface area contributed by atoms with Gasteiger partial charge in [0.1, 0.15) is 0 Å². The second-order valence-electron chi connectivity index (χ2n) is 13.8. The molecule has 9 rings (SSSR count). The fraction of sp³-hybridized carbons (Fsp3) is 0.0833. The van der Waals surface area contributed by atoms with Crippen molar-refractivity contribution in [2.45, 2.75) is 27.7 Å². The Labute approximate surface area is 323 Å². The average molecular weight is 775 g/mol. The fourth-order valence-electron chi connectivity index (χ4n) is 7.15. The maximum absolute atomic E-state index is 5.37. The molecule has 3 aromatic heterocycles. The van der Waals surface area contributed by atoms with Crippen molar-refractivity contribution in [1.29, 1.82) is 0 Å². The van der Waals surface area contributed by atoms with Crippen molar-refractivity contribution in [3.8, 4) is 44.5 Å². The Kier molecular flexibility index (Phi) is 9.00. The molecule has 258 valence electrons. The summed E-state index contributed by atoms with van der Waals surface area (Å²) in [5.41, 5.74) is 19.9. The molecule has 4 nitrogen and oxygen atoms in total. The zero-order chi connectivity index (χ0) is 35.3. The molecule has 0 saturated carbocycles. The first kappa shape index (κ1) is 34.2. The molecule has 4 aromatic carbocycles. The second kappa shape index (κ2) is 13.9. The summed E-state index contributed by atoms with van der Waals surface area (Å²) in [7, 11) is 0. The predicted molar refractivity (Wildman–Crippen MR) is 217 cm³/mol. The monoisotopic (exact) mass is 774 g/mol. The van der Waals surface area contributed by atoms with Crippen LogP contribution >= 0.6 is 0 Å². The van der Waals surface area contributed by atoms with Crippen LogP contribution in [0.5, 0.6) is 0 Å². The van der Waals surface area contributed by atoms with Gasteiger partial charge < -0.3 is 9.97 Å². The molecule has 0 saturated heterocycles. The summed E-state index contributed by atoms with van der Waals surface area (Å²) in [5, 5.41) is 0. The first-order chi connectivity index (χ1) is 25.4. The summed E-state index contributed by atoms with van der Waals surface area (Å²) in [6.45, 7) is 8.45. The Hall–Kier alpha value is -5.86. The smallest absolute Gasteiger partial charge is 0.657 e. The van der Waals surface area contributed by atoms with Crippen LogP contribution in [0.25, 0.3) is 90.9 Å². The van der Waals surface area contributed by atoms with E-state index in [0.717, 1.165) is 89.4 Å². The summed E-state index contributed by atoms with van der Waals surface area (Å²) in [6.07, 6.45) is 8.48. The number of aryl methyl sites for hydroxylation is 4. The molecule has 0 atom stereocenters. The van der Waals surface area contributed by atoms with Gasteiger partial charge in [0.05, 0.1) is 22.8 Å². The Morgan fingerprint density at radius 3 is 0.717 bits per heavy atom. The van der Waals surface area contributed by atoms with Gasteiger partial charge >= 0.3 is 20.4 Å². The Morgan fingerprint density at radius 2 is 0.509 bits per heavy atom. The van der Waals surface area contributed by atoms with E-state index in [9.17, 15) is 0 Å². The third-order valence-corrected chi connectivity index (χ3v) is 9.97. The van der Waals surface area contributed by atoms with E-state index in [4.69, 9.17) is 19.9 Å².